The van der Waals surface area contributed by atoms with E-state index < -0.39 is 23.1 Å². The van der Waals surface area contributed by atoms with Crippen molar-refractivity contribution in [1.29, 1.82) is 5.26 Å². The number of rotatable bonds is 4. The van der Waals surface area contributed by atoms with Crippen LogP contribution in [0.15, 0.2) is 20.6 Å². The lowest BCUT2D eigenvalue weighted by atomic mass is 10.2. The molecule has 0 amide bonds. The van der Waals surface area contributed by atoms with Crippen LogP contribution in [0.3, 0.4) is 0 Å². The summed E-state index contributed by atoms with van der Waals surface area (Å²) < 4.78 is 6.75. The number of hydrogen-bond donors (Lipinski definition) is 0. The van der Waals surface area contributed by atoms with Crippen LogP contribution in [0.4, 0.5) is 5.82 Å². The second-order valence-corrected chi connectivity index (χ2v) is 3.88. The summed E-state index contributed by atoms with van der Waals surface area (Å²) in [5.74, 6) is -1.86. The van der Waals surface area contributed by atoms with E-state index in [9.17, 15) is 14.4 Å². The molecule has 1 unspecified atom stereocenters. The highest BCUT2D eigenvalue weighted by Gasteiger charge is 2.16. The van der Waals surface area contributed by atoms with Gasteiger partial charge < -0.3 is 4.74 Å². The van der Waals surface area contributed by atoms with Crippen molar-refractivity contribution in [3.63, 3.8) is 0 Å². The second-order valence-electron chi connectivity index (χ2n) is 3.88. The summed E-state index contributed by atoms with van der Waals surface area (Å²) in [6.45, 7) is 1.77. The summed E-state index contributed by atoms with van der Waals surface area (Å²) in [5, 5.41) is 8.85. The zero-order valence-corrected chi connectivity index (χ0v) is 11.4. The van der Waals surface area contributed by atoms with Crippen LogP contribution in [0.1, 0.15) is 6.92 Å². The first-order valence-corrected chi connectivity index (χ1v) is 5.79. The van der Waals surface area contributed by atoms with Crippen molar-refractivity contribution in [3.05, 3.63) is 26.9 Å². The van der Waals surface area contributed by atoms with E-state index in [4.69, 9.17) is 10.00 Å². The minimum atomic E-state index is -1.19. The van der Waals surface area contributed by atoms with Crippen LogP contribution in [0.2, 0.25) is 0 Å². The van der Waals surface area contributed by atoms with Crippen LogP contribution < -0.4 is 11.2 Å². The van der Waals surface area contributed by atoms with Crippen LogP contribution in [0.5, 0.6) is 0 Å². The van der Waals surface area contributed by atoms with Gasteiger partial charge in [0, 0.05) is 26.4 Å². The van der Waals surface area contributed by atoms with Crippen molar-refractivity contribution in [1.82, 2.24) is 9.13 Å². The lowest BCUT2D eigenvalue weighted by Gasteiger charge is -2.06. The number of carbonyl (C=O) groups excluding carboxylic acids is 1. The predicted octanol–water partition coefficient (Wildman–Crippen LogP) is -0.511. The molecule has 1 heterocycles. The fourth-order valence-corrected chi connectivity index (χ4v) is 1.38. The molecule has 0 aliphatic heterocycles. The van der Waals surface area contributed by atoms with Crippen LogP contribution in [-0.4, -0.2) is 27.9 Å². The van der Waals surface area contributed by atoms with Gasteiger partial charge in [-0.1, -0.05) is 0 Å². The molecule has 8 nitrogen and oxygen atoms in total. The number of aromatic nitrogens is 2. The Morgan fingerprint density at radius 1 is 1.50 bits per heavy atom. The molecule has 1 aromatic heterocycles. The van der Waals surface area contributed by atoms with E-state index in [2.05, 4.69) is 4.99 Å². The van der Waals surface area contributed by atoms with E-state index in [1.165, 1.54) is 14.1 Å². The Hall–Kier alpha value is -2.69. The summed E-state index contributed by atoms with van der Waals surface area (Å²) in [5.41, 5.74) is -1.07. The molecule has 106 valence electrons. The largest absolute Gasteiger partial charge is 0.465 e. The molecule has 0 N–H and O–H groups in total. The normalized spacial score (nSPS) is 12.1. The molecule has 1 atom stereocenters. The molecule has 8 heteroatoms. The molecule has 0 spiro atoms. The Bertz CT molecular complexity index is 693. The Kier molecular flexibility index (Phi) is 4.97. The number of aliphatic imine (C=N–C) groups is 1. The molecule has 0 saturated heterocycles. The molecular weight excluding hydrogens is 264 g/mol. The van der Waals surface area contributed by atoms with Gasteiger partial charge >= 0.3 is 11.7 Å². The van der Waals surface area contributed by atoms with Gasteiger partial charge in [0.15, 0.2) is 5.92 Å². The van der Waals surface area contributed by atoms with E-state index in [0.717, 1.165) is 21.4 Å². The van der Waals surface area contributed by atoms with E-state index >= 15 is 0 Å². The third-order valence-corrected chi connectivity index (χ3v) is 2.54. The number of nitriles is 1. The molecule has 1 aromatic rings. The summed E-state index contributed by atoms with van der Waals surface area (Å²) in [7, 11) is 2.77. The minimum absolute atomic E-state index is 0.0580. The number of nitrogens with zero attached hydrogens (tertiary/aromatic N) is 4. The first kappa shape index (κ1) is 15.4. The van der Waals surface area contributed by atoms with Crippen LogP contribution in [0.25, 0.3) is 0 Å². The topological polar surface area (TPSA) is 106 Å². The van der Waals surface area contributed by atoms with Gasteiger partial charge in [0.25, 0.3) is 5.56 Å². The average molecular weight is 278 g/mol. The van der Waals surface area contributed by atoms with E-state index in [1.807, 2.05) is 0 Å². The van der Waals surface area contributed by atoms with Gasteiger partial charge in [0.2, 0.25) is 0 Å². The summed E-state index contributed by atoms with van der Waals surface area (Å²) in [4.78, 5) is 38.4. The quantitative estimate of drug-likeness (QED) is 0.544. The van der Waals surface area contributed by atoms with Gasteiger partial charge in [0.05, 0.1) is 12.7 Å². The predicted molar refractivity (Wildman–Crippen MR) is 70.8 cm³/mol. The first-order valence-electron chi connectivity index (χ1n) is 5.79. The lowest BCUT2D eigenvalue weighted by Crippen LogP contribution is -2.36. The van der Waals surface area contributed by atoms with Crippen LogP contribution in [0, 0.1) is 17.2 Å². The maximum Gasteiger partial charge on any atom is 0.332 e. The van der Waals surface area contributed by atoms with Crippen molar-refractivity contribution >= 4 is 18.0 Å². The molecule has 0 radical (unpaired) electrons. The summed E-state index contributed by atoms with van der Waals surface area (Å²) in [6.07, 6.45) is 1.05. The van der Waals surface area contributed by atoms with Gasteiger partial charge in [-0.25, -0.2) is 9.79 Å². The summed E-state index contributed by atoms with van der Waals surface area (Å²) >= 11 is 0. The van der Waals surface area contributed by atoms with Crippen molar-refractivity contribution in [2.24, 2.45) is 25.0 Å². The van der Waals surface area contributed by atoms with Crippen LogP contribution >= 0.6 is 0 Å². The zero-order valence-electron chi connectivity index (χ0n) is 11.4. The molecule has 0 aromatic carbocycles. The molecule has 1 rings (SSSR count). The van der Waals surface area contributed by atoms with Crippen molar-refractivity contribution in [2.75, 3.05) is 6.61 Å². The zero-order chi connectivity index (χ0) is 15.3. The third-order valence-electron chi connectivity index (χ3n) is 2.54. The van der Waals surface area contributed by atoms with Gasteiger partial charge in [0.1, 0.15) is 5.82 Å². The SMILES string of the molecule is CCOC(=O)C(C#N)C=Nc1cc(=O)n(C)c(=O)n1C. The Morgan fingerprint density at radius 3 is 2.70 bits per heavy atom. The smallest absolute Gasteiger partial charge is 0.332 e. The molecule has 0 bridgehead atoms. The molecule has 0 aliphatic carbocycles. The number of carbonyl (C=O) groups is 1. The summed E-state index contributed by atoms with van der Waals surface area (Å²) in [6, 6.07) is 2.86. The lowest BCUT2D eigenvalue weighted by molar-refractivity contribution is -0.143. The van der Waals surface area contributed by atoms with E-state index in [1.54, 1.807) is 13.0 Å². The van der Waals surface area contributed by atoms with Gasteiger partial charge in [-0.15, -0.1) is 0 Å². The standard InChI is InChI=1S/C12H14N4O4/c1-4-20-11(18)8(6-13)7-14-9-5-10(17)16(3)12(19)15(9)2/h5,7-8H,4H2,1-3H3. The van der Waals surface area contributed by atoms with Crippen molar-refractivity contribution in [3.8, 4) is 6.07 Å². The van der Waals surface area contributed by atoms with Crippen molar-refractivity contribution in [2.45, 2.75) is 6.92 Å². The maximum absolute atomic E-state index is 11.7. The number of ether oxygens (including phenoxy) is 1. The van der Waals surface area contributed by atoms with Gasteiger partial charge in [-0.3, -0.25) is 18.7 Å². The molecule has 0 aliphatic rings. The highest BCUT2D eigenvalue weighted by atomic mass is 16.5. The van der Waals surface area contributed by atoms with E-state index in [-0.39, 0.29) is 12.4 Å². The number of hydrogen-bond acceptors (Lipinski definition) is 6. The first-order chi connectivity index (χ1) is 9.42. The maximum atomic E-state index is 11.7. The fraction of sp³-hybridized carbons (Fsp3) is 0.417. The Labute approximate surface area is 114 Å². The monoisotopic (exact) mass is 278 g/mol. The highest BCUT2D eigenvalue weighted by Crippen LogP contribution is 2.05. The molecular formula is C12H14N4O4. The van der Waals surface area contributed by atoms with Gasteiger partial charge in [-0.2, -0.15) is 5.26 Å². The molecule has 0 fully saturated rings. The third kappa shape index (κ3) is 3.20. The van der Waals surface area contributed by atoms with E-state index in [0.29, 0.717) is 0 Å². The highest BCUT2D eigenvalue weighted by molar-refractivity contribution is 5.93. The van der Waals surface area contributed by atoms with Crippen molar-refractivity contribution < 1.29 is 9.53 Å². The average Bonchev–Trinajstić information content (AvgIpc) is 2.42. The second kappa shape index (κ2) is 6.47. The molecule has 0 saturated carbocycles. The Morgan fingerprint density at radius 2 is 2.15 bits per heavy atom. The van der Waals surface area contributed by atoms with Crippen LogP contribution in [-0.2, 0) is 23.6 Å². The minimum Gasteiger partial charge on any atom is -0.465 e. The fourth-order valence-electron chi connectivity index (χ4n) is 1.38. The Balaban J connectivity index is 3.13. The van der Waals surface area contributed by atoms with Gasteiger partial charge in [-0.05, 0) is 6.92 Å². The number of esters is 1. The molecule has 20 heavy (non-hydrogen) atoms.